The van der Waals surface area contributed by atoms with Gasteiger partial charge in [0.1, 0.15) is 0 Å². The Morgan fingerprint density at radius 3 is 2.00 bits per heavy atom. The van der Waals surface area contributed by atoms with Gasteiger partial charge < -0.3 is 14.5 Å². The molecule has 4 heterocycles. The Hall–Kier alpha value is -4.93. The molecular formula is C42H29IrN3S-2. The quantitative estimate of drug-likeness (QED) is 0.167. The third-order valence-electron chi connectivity index (χ3n) is 8.53. The molecule has 9 rings (SSSR count). The Kier molecular flexibility index (Phi) is 8.53. The average molecular weight is 800 g/mol. The zero-order chi connectivity index (χ0) is 31.0. The number of pyridine rings is 2. The molecule has 0 saturated heterocycles. The van der Waals surface area contributed by atoms with Crippen LogP contribution >= 0.6 is 11.3 Å². The van der Waals surface area contributed by atoms with Crippen LogP contribution in [0.25, 0.3) is 70.2 Å². The molecule has 47 heavy (non-hydrogen) atoms. The minimum Gasteiger partial charge on any atom is -0.350 e. The predicted molar refractivity (Wildman–Crippen MR) is 194 cm³/mol. The SMILES string of the molecule is Cc1cnc(-c2[c-]cc(-n3c4ccccc4c4ccccc43)c3c2sc2ccccc23)cc1C.[Ir].[c-]1ccccc1-c1ccccn1. The van der Waals surface area contributed by atoms with Crippen molar-refractivity contribution in [3.63, 3.8) is 0 Å². The maximum atomic E-state index is 4.79. The van der Waals surface area contributed by atoms with Gasteiger partial charge in [-0.2, -0.15) is 11.3 Å². The summed E-state index contributed by atoms with van der Waals surface area (Å²) in [5.74, 6) is 0. The standard InChI is InChI=1S/C31H21N2S.C11H8N.Ir/c1-19-17-25(32-18-20(19)2)23-15-16-28(30-24-11-5-8-14-29(24)34-31(23)30)33-26-12-6-3-9-21(26)22-10-4-7-13-27(22)33;1-2-6-10(7-3-1)11-8-4-5-9-12-11;/h3-14,16-18H,1-2H3;1-6,8-9H;/q2*-1;. The summed E-state index contributed by atoms with van der Waals surface area (Å²) in [5.41, 5.74) is 10.1. The number of nitrogens with zero attached hydrogens (tertiary/aromatic N) is 3. The molecule has 0 amide bonds. The van der Waals surface area contributed by atoms with E-state index in [9.17, 15) is 0 Å². The number of aryl methyl sites for hydroxylation is 2. The summed E-state index contributed by atoms with van der Waals surface area (Å²) in [6, 6.07) is 50.9. The van der Waals surface area contributed by atoms with Crippen molar-refractivity contribution >= 4 is 53.3 Å². The molecule has 5 heteroatoms. The molecule has 0 fully saturated rings. The van der Waals surface area contributed by atoms with Crippen molar-refractivity contribution < 1.29 is 20.1 Å². The van der Waals surface area contributed by atoms with E-state index in [2.05, 4.69) is 120 Å². The van der Waals surface area contributed by atoms with Crippen LogP contribution in [0, 0.1) is 26.0 Å². The fourth-order valence-electron chi connectivity index (χ4n) is 6.14. The Labute approximate surface area is 291 Å². The van der Waals surface area contributed by atoms with Crippen molar-refractivity contribution in [1.82, 2.24) is 14.5 Å². The third-order valence-corrected chi connectivity index (χ3v) is 9.72. The van der Waals surface area contributed by atoms with Gasteiger partial charge in [0.2, 0.25) is 0 Å². The van der Waals surface area contributed by atoms with E-state index in [1.54, 1.807) is 6.20 Å². The van der Waals surface area contributed by atoms with Gasteiger partial charge in [-0.15, -0.1) is 53.6 Å². The second kappa shape index (κ2) is 13.1. The van der Waals surface area contributed by atoms with Gasteiger partial charge in [-0.05, 0) is 70.8 Å². The van der Waals surface area contributed by atoms with E-state index in [4.69, 9.17) is 4.98 Å². The van der Waals surface area contributed by atoms with Crippen LogP contribution in [0.5, 0.6) is 0 Å². The molecule has 4 aromatic heterocycles. The maximum Gasteiger partial charge on any atom is 0.0452 e. The zero-order valence-electron chi connectivity index (χ0n) is 25.9. The Balaban J connectivity index is 0.000000228. The molecule has 0 aliphatic heterocycles. The molecular weight excluding hydrogens is 771 g/mol. The smallest absolute Gasteiger partial charge is 0.0452 e. The van der Waals surface area contributed by atoms with Crippen molar-refractivity contribution in [2.75, 3.05) is 0 Å². The largest absolute Gasteiger partial charge is 0.350 e. The van der Waals surface area contributed by atoms with E-state index in [1.165, 1.54) is 53.1 Å². The van der Waals surface area contributed by atoms with Gasteiger partial charge in [-0.1, -0.05) is 83.7 Å². The Bertz CT molecular complexity index is 2410. The molecule has 9 aromatic rings. The van der Waals surface area contributed by atoms with Crippen LogP contribution in [0.2, 0.25) is 0 Å². The third kappa shape index (κ3) is 5.57. The van der Waals surface area contributed by atoms with Gasteiger partial charge in [0, 0.05) is 59.0 Å². The summed E-state index contributed by atoms with van der Waals surface area (Å²) >= 11 is 1.83. The number of rotatable bonds is 3. The van der Waals surface area contributed by atoms with Crippen LogP contribution in [-0.2, 0) is 20.1 Å². The topological polar surface area (TPSA) is 30.7 Å². The first-order chi connectivity index (χ1) is 22.7. The van der Waals surface area contributed by atoms with E-state index >= 15 is 0 Å². The summed E-state index contributed by atoms with van der Waals surface area (Å²) in [6.07, 6.45) is 3.76. The summed E-state index contributed by atoms with van der Waals surface area (Å²) in [7, 11) is 0. The first-order valence-electron chi connectivity index (χ1n) is 15.3. The fraction of sp³-hybridized carbons (Fsp3) is 0.0476. The Morgan fingerprint density at radius 2 is 1.32 bits per heavy atom. The van der Waals surface area contributed by atoms with Crippen molar-refractivity contribution in [2.45, 2.75) is 13.8 Å². The molecule has 0 unspecified atom stereocenters. The second-order valence-corrected chi connectivity index (χ2v) is 12.4. The van der Waals surface area contributed by atoms with E-state index in [-0.39, 0.29) is 20.1 Å². The number of para-hydroxylation sites is 2. The molecule has 0 saturated carbocycles. The van der Waals surface area contributed by atoms with Crippen molar-refractivity contribution in [3.05, 3.63) is 163 Å². The second-order valence-electron chi connectivity index (χ2n) is 11.4. The van der Waals surface area contributed by atoms with Crippen LogP contribution in [0.15, 0.2) is 140 Å². The molecule has 229 valence electrons. The van der Waals surface area contributed by atoms with E-state index in [1.807, 2.05) is 60.0 Å². The monoisotopic (exact) mass is 800 g/mol. The molecule has 0 atom stereocenters. The van der Waals surface area contributed by atoms with Gasteiger partial charge in [0.15, 0.2) is 0 Å². The zero-order valence-corrected chi connectivity index (χ0v) is 29.1. The Morgan fingerprint density at radius 1 is 0.638 bits per heavy atom. The molecule has 3 nitrogen and oxygen atoms in total. The number of hydrogen-bond acceptors (Lipinski definition) is 3. The van der Waals surface area contributed by atoms with Crippen LogP contribution in [0.4, 0.5) is 0 Å². The normalized spacial score (nSPS) is 11.0. The van der Waals surface area contributed by atoms with Crippen molar-refractivity contribution in [1.29, 1.82) is 0 Å². The summed E-state index contributed by atoms with van der Waals surface area (Å²) in [6.45, 7) is 4.26. The first-order valence-corrected chi connectivity index (χ1v) is 16.2. The number of benzene rings is 5. The van der Waals surface area contributed by atoms with Crippen molar-refractivity contribution in [2.24, 2.45) is 0 Å². The summed E-state index contributed by atoms with van der Waals surface area (Å²) in [5, 5.41) is 5.08. The van der Waals surface area contributed by atoms with Gasteiger partial charge >= 0.3 is 0 Å². The molecule has 0 aliphatic carbocycles. The van der Waals surface area contributed by atoms with E-state index in [0.717, 1.165) is 28.2 Å². The van der Waals surface area contributed by atoms with Crippen molar-refractivity contribution in [3.8, 4) is 28.2 Å². The number of hydrogen-bond donors (Lipinski definition) is 0. The summed E-state index contributed by atoms with van der Waals surface area (Å²) in [4.78, 5) is 9.01. The van der Waals surface area contributed by atoms with Gasteiger partial charge in [-0.25, -0.2) is 0 Å². The van der Waals surface area contributed by atoms with Gasteiger partial charge in [-0.3, -0.25) is 0 Å². The predicted octanol–water partition coefficient (Wildman–Crippen LogP) is 11.2. The summed E-state index contributed by atoms with van der Waals surface area (Å²) < 4.78 is 4.92. The van der Waals surface area contributed by atoms with E-state index < -0.39 is 0 Å². The maximum absolute atomic E-state index is 4.79. The number of fused-ring (bicyclic) bond motifs is 6. The molecule has 0 aliphatic rings. The molecule has 0 N–H and O–H groups in total. The first kappa shape index (κ1) is 30.7. The van der Waals surface area contributed by atoms with Crippen LogP contribution in [0.1, 0.15) is 11.1 Å². The average Bonchev–Trinajstić information content (AvgIpc) is 3.67. The van der Waals surface area contributed by atoms with Crippen LogP contribution in [0.3, 0.4) is 0 Å². The van der Waals surface area contributed by atoms with Crippen LogP contribution in [-0.4, -0.2) is 14.5 Å². The molecule has 1 radical (unpaired) electrons. The number of aromatic nitrogens is 3. The number of thiophene rings is 1. The van der Waals surface area contributed by atoms with E-state index in [0.29, 0.717) is 0 Å². The van der Waals surface area contributed by atoms with Crippen LogP contribution < -0.4 is 0 Å². The molecule has 0 spiro atoms. The van der Waals surface area contributed by atoms with Gasteiger partial charge in [0.05, 0.1) is 0 Å². The minimum absolute atomic E-state index is 0. The minimum atomic E-state index is 0. The van der Waals surface area contributed by atoms with Gasteiger partial charge in [0.25, 0.3) is 0 Å². The molecule has 5 aromatic carbocycles. The fourth-order valence-corrected chi connectivity index (χ4v) is 7.37. The molecule has 0 bridgehead atoms.